The highest BCUT2D eigenvalue weighted by Crippen LogP contribution is 2.18. The Morgan fingerprint density at radius 2 is 2.16 bits per heavy atom. The second kappa shape index (κ2) is 6.68. The largest absolute Gasteiger partial charge is 0.368 e. The maximum atomic E-state index is 11.2. The fourth-order valence-corrected chi connectivity index (χ4v) is 2.70. The second-order valence-electron chi connectivity index (χ2n) is 5.18. The van der Waals surface area contributed by atoms with Crippen molar-refractivity contribution in [1.29, 1.82) is 0 Å². The number of carbonyl (C=O) groups is 1. The van der Waals surface area contributed by atoms with Gasteiger partial charge in [-0.25, -0.2) is 0 Å². The van der Waals surface area contributed by atoms with Gasteiger partial charge in [0.1, 0.15) is 0 Å². The summed E-state index contributed by atoms with van der Waals surface area (Å²) in [6.45, 7) is 2.97. The number of primary amides is 1. The summed E-state index contributed by atoms with van der Waals surface area (Å²) < 4.78 is 0. The summed E-state index contributed by atoms with van der Waals surface area (Å²) >= 11 is 0. The van der Waals surface area contributed by atoms with Gasteiger partial charge in [-0.3, -0.25) is 9.69 Å². The van der Waals surface area contributed by atoms with Crippen LogP contribution in [0.15, 0.2) is 24.3 Å². The van der Waals surface area contributed by atoms with E-state index in [0.29, 0.717) is 0 Å². The molecule has 1 heterocycles. The molecule has 0 bridgehead atoms. The highest BCUT2D eigenvalue weighted by Gasteiger charge is 2.17. The van der Waals surface area contributed by atoms with E-state index < -0.39 is 0 Å². The van der Waals surface area contributed by atoms with Crippen LogP contribution in [0.1, 0.15) is 24.0 Å². The van der Waals surface area contributed by atoms with Gasteiger partial charge in [-0.2, -0.15) is 0 Å². The van der Waals surface area contributed by atoms with Crippen LogP contribution >= 0.6 is 0 Å². The summed E-state index contributed by atoms with van der Waals surface area (Å²) in [5.74, 6) is -0.266. The molecular weight excluding hydrogens is 238 g/mol. The van der Waals surface area contributed by atoms with Crippen LogP contribution in [0.2, 0.25) is 0 Å². The molecule has 1 amide bonds. The number of hydrogen-bond donors (Lipinski definition) is 2. The van der Waals surface area contributed by atoms with Crippen LogP contribution in [-0.4, -0.2) is 37.0 Å². The van der Waals surface area contributed by atoms with Crippen molar-refractivity contribution in [2.75, 3.05) is 20.1 Å². The third kappa shape index (κ3) is 3.78. The summed E-state index contributed by atoms with van der Waals surface area (Å²) in [5, 5.41) is 2.97. The molecule has 4 nitrogen and oxygen atoms in total. The number of amides is 1. The lowest BCUT2D eigenvalue weighted by molar-refractivity contribution is -0.120. The van der Waals surface area contributed by atoms with Crippen molar-refractivity contribution in [2.45, 2.75) is 31.8 Å². The maximum absolute atomic E-state index is 11.2. The van der Waals surface area contributed by atoms with E-state index in [1.54, 1.807) is 7.05 Å². The molecule has 1 atom stereocenters. The molecule has 0 aromatic heterocycles. The van der Waals surface area contributed by atoms with Gasteiger partial charge in [0.05, 0.1) is 6.04 Å². The predicted octanol–water partition coefficient (Wildman–Crippen LogP) is 0.898. The highest BCUT2D eigenvalue weighted by molar-refractivity contribution is 5.79. The fourth-order valence-electron chi connectivity index (χ4n) is 2.70. The summed E-state index contributed by atoms with van der Waals surface area (Å²) in [4.78, 5) is 13.6. The first-order valence-electron chi connectivity index (χ1n) is 6.96. The molecule has 2 rings (SSSR count). The Morgan fingerprint density at radius 1 is 1.42 bits per heavy atom. The standard InChI is InChI=1S/C15H23N3O/c1-17-14(15(16)19)8-10-18-9-4-7-12-5-2-3-6-13(12)11-18/h2-3,5-6,14,17H,4,7-11H2,1H3,(H2,16,19). The Morgan fingerprint density at radius 3 is 2.84 bits per heavy atom. The molecule has 0 aliphatic carbocycles. The molecule has 1 unspecified atom stereocenters. The van der Waals surface area contributed by atoms with E-state index in [2.05, 4.69) is 34.5 Å². The molecule has 0 saturated carbocycles. The lowest BCUT2D eigenvalue weighted by atomic mass is 10.0. The number of nitrogens with one attached hydrogen (secondary N) is 1. The van der Waals surface area contributed by atoms with Crippen LogP contribution < -0.4 is 11.1 Å². The third-order valence-electron chi connectivity index (χ3n) is 3.86. The zero-order valence-corrected chi connectivity index (χ0v) is 11.6. The van der Waals surface area contributed by atoms with Crippen LogP contribution in [0.4, 0.5) is 0 Å². The average Bonchev–Trinajstić information content (AvgIpc) is 2.60. The first-order valence-corrected chi connectivity index (χ1v) is 6.96. The fraction of sp³-hybridized carbons (Fsp3) is 0.533. The van der Waals surface area contributed by atoms with E-state index in [9.17, 15) is 4.79 Å². The molecule has 0 spiro atoms. The maximum Gasteiger partial charge on any atom is 0.234 e. The topological polar surface area (TPSA) is 58.4 Å². The van der Waals surface area contributed by atoms with Crippen molar-refractivity contribution in [3.63, 3.8) is 0 Å². The number of aryl methyl sites for hydroxylation is 1. The number of likely N-dealkylation sites (N-methyl/N-ethyl adjacent to an activating group) is 1. The number of carbonyl (C=O) groups excluding carboxylic acids is 1. The van der Waals surface area contributed by atoms with Crippen molar-refractivity contribution < 1.29 is 4.79 Å². The molecule has 1 aromatic rings. The predicted molar refractivity (Wildman–Crippen MR) is 76.7 cm³/mol. The smallest absolute Gasteiger partial charge is 0.234 e. The zero-order valence-electron chi connectivity index (χ0n) is 11.6. The third-order valence-corrected chi connectivity index (χ3v) is 3.86. The van der Waals surface area contributed by atoms with Crippen molar-refractivity contribution in [3.8, 4) is 0 Å². The van der Waals surface area contributed by atoms with Crippen molar-refractivity contribution in [1.82, 2.24) is 10.2 Å². The molecule has 0 fully saturated rings. The quantitative estimate of drug-likeness (QED) is 0.828. The van der Waals surface area contributed by atoms with E-state index in [4.69, 9.17) is 5.73 Å². The molecule has 104 valence electrons. The summed E-state index contributed by atoms with van der Waals surface area (Å²) in [6, 6.07) is 8.41. The van der Waals surface area contributed by atoms with E-state index in [0.717, 1.165) is 32.5 Å². The Balaban J connectivity index is 1.94. The van der Waals surface area contributed by atoms with Gasteiger partial charge in [-0.1, -0.05) is 24.3 Å². The van der Waals surface area contributed by atoms with Gasteiger partial charge in [-0.05, 0) is 44.0 Å². The van der Waals surface area contributed by atoms with Gasteiger partial charge in [0.15, 0.2) is 0 Å². The highest BCUT2D eigenvalue weighted by atomic mass is 16.1. The molecule has 0 radical (unpaired) electrons. The lowest BCUT2D eigenvalue weighted by Gasteiger charge is -2.22. The van der Waals surface area contributed by atoms with Crippen molar-refractivity contribution in [2.24, 2.45) is 5.73 Å². The summed E-state index contributed by atoms with van der Waals surface area (Å²) in [6.07, 6.45) is 3.10. The molecular formula is C15H23N3O. The molecule has 1 aliphatic rings. The molecule has 3 N–H and O–H groups in total. The molecule has 1 aromatic carbocycles. The summed E-state index contributed by atoms with van der Waals surface area (Å²) in [5.41, 5.74) is 8.23. The second-order valence-corrected chi connectivity index (χ2v) is 5.18. The minimum absolute atomic E-state index is 0.224. The molecule has 19 heavy (non-hydrogen) atoms. The van der Waals surface area contributed by atoms with Gasteiger partial charge >= 0.3 is 0 Å². The average molecular weight is 261 g/mol. The van der Waals surface area contributed by atoms with Gasteiger partial charge in [0.25, 0.3) is 0 Å². The van der Waals surface area contributed by atoms with E-state index in [1.165, 1.54) is 17.5 Å². The van der Waals surface area contributed by atoms with Crippen molar-refractivity contribution >= 4 is 5.91 Å². The number of rotatable bonds is 5. The van der Waals surface area contributed by atoms with Crippen LogP contribution in [0.5, 0.6) is 0 Å². The van der Waals surface area contributed by atoms with Crippen LogP contribution in [0.25, 0.3) is 0 Å². The lowest BCUT2D eigenvalue weighted by Crippen LogP contribution is -2.41. The number of benzene rings is 1. The van der Waals surface area contributed by atoms with Gasteiger partial charge in [-0.15, -0.1) is 0 Å². The van der Waals surface area contributed by atoms with Crippen LogP contribution in [-0.2, 0) is 17.8 Å². The monoisotopic (exact) mass is 261 g/mol. The zero-order chi connectivity index (χ0) is 13.7. The Hall–Kier alpha value is -1.39. The number of fused-ring (bicyclic) bond motifs is 1. The SMILES string of the molecule is CNC(CCN1CCCc2ccccc2C1)C(N)=O. The molecule has 0 saturated heterocycles. The molecule has 1 aliphatic heterocycles. The Kier molecular flexibility index (Phi) is 4.93. The van der Waals surface area contributed by atoms with E-state index in [1.807, 2.05) is 0 Å². The Bertz CT molecular complexity index is 433. The van der Waals surface area contributed by atoms with Gasteiger partial charge in [0, 0.05) is 13.1 Å². The van der Waals surface area contributed by atoms with Crippen LogP contribution in [0.3, 0.4) is 0 Å². The first-order chi connectivity index (χ1) is 9.20. The Labute approximate surface area is 115 Å². The van der Waals surface area contributed by atoms with Gasteiger partial charge < -0.3 is 11.1 Å². The summed E-state index contributed by atoms with van der Waals surface area (Å²) in [7, 11) is 1.78. The number of nitrogens with two attached hydrogens (primary N) is 1. The van der Waals surface area contributed by atoms with Crippen molar-refractivity contribution in [3.05, 3.63) is 35.4 Å². The number of nitrogens with zero attached hydrogens (tertiary/aromatic N) is 1. The minimum atomic E-state index is -0.266. The molecule has 4 heteroatoms. The first kappa shape index (κ1) is 14.0. The van der Waals surface area contributed by atoms with E-state index >= 15 is 0 Å². The number of hydrogen-bond acceptors (Lipinski definition) is 3. The van der Waals surface area contributed by atoms with Crippen LogP contribution in [0, 0.1) is 0 Å². The van der Waals surface area contributed by atoms with Gasteiger partial charge in [0.2, 0.25) is 5.91 Å². The minimum Gasteiger partial charge on any atom is -0.368 e. The normalized spacial score (nSPS) is 17.5. The van der Waals surface area contributed by atoms with E-state index in [-0.39, 0.29) is 11.9 Å².